The van der Waals surface area contributed by atoms with E-state index in [0.29, 0.717) is 13.1 Å². The number of methoxy groups -OCH3 is 1. The van der Waals surface area contributed by atoms with Gasteiger partial charge in [-0.25, -0.2) is 4.39 Å². The van der Waals surface area contributed by atoms with Gasteiger partial charge in [-0.15, -0.1) is 0 Å². The van der Waals surface area contributed by atoms with Crippen molar-refractivity contribution in [2.45, 2.75) is 46.0 Å². The number of hydrogen-bond donors (Lipinski definition) is 0. The van der Waals surface area contributed by atoms with E-state index in [1.807, 2.05) is 0 Å². The van der Waals surface area contributed by atoms with Crippen LogP contribution in [0, 0.1) is 11.7 Å². The fourth-order valence-electron chi connectivity index (χ4n) is 2.54. The number of halogens is 1. The minimum absolute atomic E-state index is 0.0474. The van der Waals surface area contributed by atoms with Crippen LogP contribution in [0.1, 0.15) is 45.1 Å². The number of amides is 1. The normalized spacial score (nSPS) is 11.8. The summed E-state index contributed by atoms with van der Waals surface area (Å²) in [5.74, 6) is -1.04. The molecule has 5 heteroatoms. The van der Waals surface area contributed by atoms with Crippen molar-refractivity contribution in [3.8, 4) is 0 Å². The molecule has 134 valence electrons. The van der Waals surface area contributed by atoms with Gasteiger partial charge in [0.15, 0.2) is 0 Å². The summed E-state index contributed by atoms with van der Waals surface area (Å²) in [6, 6.07) is 5.94. The molecule has 0 fully saturated rings. The lowest BCUT2D eigenvalue weighted by molar-refractivity contribution is -0.146. The van der Waals surface area contributed by atoms with Gasteiger partial charge >= 0.3 is 5.97 Å². The van der Waals surface area contributed by atoms with E-state index in [0.717, 1.165) is 31.2 Å². The third-order valence-corrected chi connectivity index (χ3v) is 4.00. The van der Waals surface area contributed by atoms with E-state index in [1.54, 1.807) is 24.0 Å². The van der Waals surface area contributed by atoms with Crippen molar-refractivity contribution in [3.63, 3.8) is 0 Å². The van der Waals surface area contributed by atoms with E-state index in [4.69, 9.17) is 4.74 Å². The van der Waals surface area contributed by atoms with Gasteiger partial charge in [-0.2, -0.15) is 0 Å². The SMILES string of the molecule is CCCCCCN(CC(C)C(=O)OC)C(=O)Cc1ccc(F)cc1. The molecule has 1 atom stereocenters. The molecule has 0 aliphatic heterocycles. The molecular weight excluding hydrogens is 309 g/mol. The van der Waals surface area contributed by atoms with Gasteiger partial charge in [0, 0.05) is 13.1 Å². The van der Waals surface area contributed by atoms with Crippen molar-refractivity contribution in [2.24, 2.45) is 5.92 Å². The molecule has 0 radical (unpaired) electrons. The molecule has 0 heterocycles. The van der Waals surface area contributed by atoms with Crippen LogP contribution in [0.2, 0.25) is 0 Å². The smallest absolute Gasteiger partial charge is 0.310 e. The van der Waals surface area contributed by atoms with Crippen LogP contribution in [-0.2, 0) is 20.7 Å². The first kappa shape index (κ1) is 20.1. The summed E-state index contributed by atoms with van der Waals surface area (Å²) in [5.41, 5.74) is 0.769. The Morgan fingerprint density at radius 3 is 2.42 bits per heavy atom. The van der Waals surface area contributed by atoms with Crippen molar-refractivity contribution in [1.82, 2.24) is 4.90 Å². The number of ether oxygens (including phenoxy) is 1. The van der Waals surface area contributed by atoms with E-state index in [-0.39, 0.29) is 30.0 Å². The van der Waals surface area contributed by atoms with E-state index in [2.05, 4.69) is 6.92 Å². The molecule has 4 nitrogen and oxygen atoms in total. The van der Waals surface area contributed by atoms with Gasteiger partial charge < -0.3 is 9.64 Å². The molecule has 24 heavy (non-hydrogen) atoms. The molecular formula is C19H28FNO3. The van der Waals surface area contributed by atoms with Gasteiger partial charge in [0.05, 0.1) is 19.4 Å². The Morgan fingerprint density at radius 2 is 1.83 bits per heavy atom. The van der Waals surface area contributed by atoms with Crippen LogP contribution in [-0.4, -0.2) is 37.0 Å². The lowest BCUT2D eigenvalue weighted by Gasteiger charge is -2.25. The Hall–Kier alpha value is -1.91. The Bertz CT molecular complexity index is 516. The van der Waals surface area contributed by atoms with Crippen molar-refractivity contribution in [1.29, 1.82) is 0 Å². The molecule has 1 unspecified atom stereocenters. The van der Waals surface area contributed by atoms with Gasteiger partial charge in [-0.05, 0) is 24.1 Å². The minimum atomic E-state index is -0.363. The summed E-state index contributed by atoms with van der Waals surface area (Å²) in [6.45, 7) is 4.87. The summed E-state index contributed by atoms with van der Waals surface area (Å²) in [5, 5.41) is 0. The van der Waals surface area contributed by atoms with Gasteiger partial charge in [-0.1, -0.05) is 45.2 Å². The summed E-state index contributed by atoms with van der Waals surface area (Å²) < 4.78 is 17.7. The Kier molecular flexibility index (Phi) is 9.05. The first-order valence-electron chi connectivity index (χ1n) is 8.58. The lowest BCUT2D eigenvalue weighted by atomic mass is 10.1. The second-order valence-electron chi connectivity index (χ2n) is 6.13. The van der Waals surface area contributed by atoms with Gasteiger partial charge in [0.2, 0.25) is 5.91 Å². The molecule has 1 aromatic carbocycles. The number of benzene rings is 1. The fourth-order valence-corrected chi connectivity index (χ4v) is 2.54. The van der Waals surface area contributed by atoms with Gasteiger partial charge in [-0.3, -0.25) is 9.59 Å². The van der Waals surface area contributed by atoms with Crippen molar-refractivity contribution < 1.29 is 18.7 Å². The first-order chi connectivity index (χ1) is 11.5. The van der Waals surface area contributed by atoms with Gasteiger partial charge in [0.1, 0.15) is 5.82 Å². The average Bonchev–Trinajstić information content (AvgIpc) is 2.58. The number of carbonyl (C=O) groups is 2. The first-order valence-corrected chi connectivity index (χ1v) is 8.58. The quantitative estimate of drug-likeness (QED) is 0.484. The van der Waals surface area contributed by atoms with Crippen LogP contribution in [0.15, 0.2) is 24.3 Å². The Labute approximate surface area is 144 Å². The molecule has 0 spiro atoms. The number of hydrogen-bond acceptors (Lipinski definition) is 3. The minimum Gasteiger partial charge on any atom is -0.469 e. The molecule has 1 amide bonds. The highest BCUT2D eigenvalue weighted by Crippen LogP contribution is 2.10. The molecule has 0 saturated carbocycles. The molecule has 0 saturated heterocycles. The van der Waals surface area contributed by atoms with E-state index in [1.165, 1.54) is 19.2 Å². The van der Waals surface area contributed by atoms with Crippen molar-refractivity contribution in [2.75, 3.05) is 20.2 Å². The molecule has 0 N–H and O–H groups in total. The molecule has 0 aliphatic carbocycles. The number of esters is 1. The second kappa shape index (κ2) is 10.8. The summed E-state index contributed by atoms with van der Waals surface area (Å²) in [7, 11) is 1.35. The van der Waals surface area contributed by atoms with Crippen molar-refractivity contribution >= 4 is 11.9 Å². The monoisotopic (exact) mass is 337 g/mol. The number of carbonyl (C=O) groups excluding carboxylic acids is 2. The van der Waals surface area contributed by atoms with Crippen LogP contribution < -0.4 is 0 Å². The van der Waals surface area contributed by atoms with Crippen LogP contribution >= 0.6 is 0 Å². The third kappa shape index (κ3) is 7.11. The van der Waals surface area contributed by atoms with E-state index in [9.17, 15) is 14.0 Å². The lowest BCUT2D eigenvalue weighted by Crippen LogP contribution is -2.38. The predicted molar refractivity (Wildman–Crippen MR) is 92.0 cm³/mol. The maximum Gasteiger partial charge on any atom is 0.310 e. The van der Waals surface area contributed by atoms with Crippen molar-refractivity contribution in [3.05, 3.63) is 35.6 Å². The third-order valence-electron chi connectivity index (χ3n) is 4.00. The van der Waals surface area contributed by atoms with Gasteiger partial charge in [0.25, 0.3) is 0 Å². The standard InChI is InChI=1S/C19H28FNO3/c1-4-5-6-7-12-21(14-15(2)19(23)24-3)18(22)13-16-8-10-17(20)11-9-16/h8-11,15H,4-7,12-14H2,1-3H3. The van der Waals surface area contributed by atoms with Crippen LogP contribution in [0.5, 0.6) is 0 Å². The number of rotatable bonds is 10. The summed E-state index contributed by atoms with van der Waals surface area (Å²) >= 11 is 0. The molecule has 0 aromatic heterocycles. The maximum absolute atomic E-state index is 13.0. The zero-order valence-electron chi connectivity index (χ0n) is 14.9. The number of nitrogens with zero attached hydrogens (tertiary/aromatic N) is 1. The molecule has 0 aliphatic rings. The average molecular weight is 337 g/mol. The molecule has 0 bridgehead atoms. The predicted octanol–water partition coefficient (Wildman–Crippen LogP) is 3.59. The fraction of sp³-hybridized carbons (Fsp3) is 0.579. The van der Waals surface area contributed by atoms with Crippen LogP contribution in [0.3, 0.4) is 0 Å². The summed E-state index contributed by atoms with van der Waals surface area (Å²) in [4.78, 5) is 26.0. The Balaban J connectivity index is 2.68. The highest BCUT2D eigenvalue weighted by atomic mass is 19.1. The second-order valence-corrected chi connectivity index (χ2v) is 6.13. The van der Waals surface area contributed by atoms with E-state index < -0.39 is 0 Å². The highest BCUT2D eigenvalue weighted by Gasteiger charge is 2.21. The zero-order valence-corrected chi connectivity index (χ0v) is 14.9. The Morgan fingerprint density at radius 1 is 1.17 bits per heavy atom. The zero-order chi connectivity index (χ0) is 17.9. The maximum atomic E-state index is 13.0. The van der Waals surface area contributed by atoms with Crippen LogP contribution in [0.25, 0.3) is 0 Å². The summed E-state index contributed by atoms with van der Waals surface area (Å²) in [6.07, 6.45) is 4.44. The highest BCUT2D eigenvalue weighted by molar-refractivity contribution is 5.80. The molecule has 1 rings (SSSR count). The van der Waals surface area contributed by atoms with E-state index >= 15 is 0 Å². The topological polar surface area (TPSA) is 46.6 Å². The van der Waals surface area contributed by atoms with Crippen LogP contribution in [0.4, 0.5) is 4.39 Å². The largest absolute Gasteiger partial charge is 0.469 e. The molecule has 1 aromatic rings. The number of unbranched alkanes of at least 4 members (excludes halogenated alkanes) is 3.